The van der Waals surface area contributed by atoms with Gasteiger partial charge in [-0.25, -0.2) is 0 Å². The zero-order chi connectivity index (χ0) is 10.9. The lowest BCUT2D eigenvalue weighted by Crippen LogP contribution is -2.45. The molecule has 0 saturated carbocycles. The van der Waals surface area contributed by atoms with Crippen LogP contribution >= 0.6 is 22.9 Å². The first-order valence-corrected chi connectivity index (χ1v) is 6.63. The van der Waals surface area contributed by atoms with E-state index in [1.807, 2.05) is 11.7 Å². The summed E-state index contributed by atoms with van der Waals surface area (Å²) in [7, 11) is 0. The van der Waals surface area contributed by atoms with Crippen LogP contribution in [0.1, 0.15) is 25.1 Å². The van der Waals surface area contributed by atoms with Gasteiger partial charge in [-0.2, -0.15) is 0 Å². The molecule has 2 nitrogen and oxygen atoms in total. The molecule has 1 fully saturated rings. The molecule has 1 aliphatic rings. The fraction of sp³-hybridized carbons (Fsp3) is 0.727. The van der Waals surface area contributed by atoms with Crippen molar-refractivity contribution in [3.05, 3.63) is 16.6 Å². The van der Waals surface area contributed by atoms with E-state index in [4.69, 9.17) is 11.6 Å². The molecule has 0 bridgehead atoms. The van der Waals surface area contributed by atoms with Gasteiger partial charge < -0.3 is 0 Å². The molecule has 0 spiro atoms. The van der Waals surface area contributed by atoms with E-state index in [1.165, 1.54) is 4.88 Å². The number of alkyl halides is 1. The van der Waals surface area contributed by atoms with Crippen LogP contribution in [0, 0.1) is 5.41 Å². The van der Waals surface area contributed by atoms with E-state index < -0.39 is 0 Å². The Balaban J connectivity index is 1.95. The molecule has 1 unspecified atom stereocenters. The maximum atomic E-state index is 6.32. The van der Waals surface area contributed by atoms with Gasteiger partial charge in [0.05, 0.1) is 5.51 Å². The Bertz CT molecular complexity index is 310. The van der Waals surface area contributed by atoms with Crippen molar-refractivity contribution >= 4 is 22.9 Å². The van der Waals surface area contributed by atoms with E-state index in [9.17, 15) is 0 Å². The van der Waals surface area contributed by atoms with Crippen LogP contribution in [-0.4, -0.2) is 28.4 Å². The topological polar surface area (TPSA) is 16.1 Å². The van der Waals surface area contributed by atoms with Crippen molar-refractivity contribution in [2.75, 3.05) is 13.1 Å². The number of piperidine rings is 1. The van der Waals surface area contributed by atoms with Crippen LogP contribution < -0.4 is 0 Å². The number of halogens is 1. The highest BCUT2D eigenvalue weighted by Gasteiger charge is 2.34. The van der Waals surface area contributed by atoms with E-state index >= 15 is 0 Å². The maximum absolute atomic E-state index is 6.32. The highest BCUT2D eigenvalue weighted by atomic mass is 35.5. The molecule has 1 aromatic rings. The van der Waals surface area contributed by atoms with Gasteiger partial charge in [0.2, 0.25) is 0 Å². The molecular weight excluding hydrogens is 228 g/mol. The van der Waals surface area contributed by atoms with Crippen molar-refractivity contribution in [2.24, 2.45) is 5.41 Å². The normalized spacial score (nSPS) is 26.7. The first-order chi connectivity index (χ1) is 7.08. The number of rotatable bonds is 2. The largest absolute Gasteiger partial charge is 0.298 e. The lowest BCUT2D eigenvalue weighted by Gasteiger charge is -2.41. The molecule has 0 amide bonds. The number of thiazole rings is 1. The van der Waals surface area contributed by atoms with Crippen molar-refractivity contribution < 1.29 is 0 Å². The number of hydrogen-bond acceptors (Lipinski definition) is 3. The van der Waals surface area contributed by atoms with E-state index in [2.05, 4.69) is 23.7 Å². The molecule has 2 heterocycles. The minimum absolute atomic E-state index is 0.227. The second-order valence-corrected chi connectivity index (χ2v) is 6.42. The second kappa shape index (κ2) is 4.40. The van der Waals surface area contributed by atoms with Crippen LogP contribution in [0.2, 0.25) is 0 Å². The zero-order valence-corrected chi connectivity index (χ0v) is 10.8. The van der Waals surface area contributed by atoms with Crippen molar-refractivity contribution in [3.63, 3.8) is 0 Å². The molecule has 2 rings (SSSR count). The van der Waals surface area contributed by atoms with Crippen LogP contribution in [0.5, 0.6) is 0 Å². The third-order valence-electron chi connectivity index (χ3n) is 3.04. The Morgan fingerprint density at radius 1 is 1.67 bits per heavy atom. The molecule has 0 N–H and O–H groups in total. The average Bonchev–Trinajstić information content (AvgIpc) is 2.63. The molecule has 0 aromatic carbocycles. The van der Waals surface area contributed by atoms with Crippen LogP contribution in [0.3, 0.4) is 0 Å². The third-order valence-corrected chi connectivity index (χ3v) is 4.61. The summed E-state index contributed by atoms with van der Waals surface area (Å²) in [5.74, 6) is 0. The molecule has 15 heavy (non-hydrogen) atoms. The molecule has 4 heteroatoms. The van der Waals surface area contributed by atoms with Crippen molar-refractivity contribution in [2.45, 2.75) is 32.2 Å². The second-order valence-electron chi connectivity index (χ2n) is 4.92. The van der Waals surface area contributed by atoms with Crippen LogP contribution in [-0.2, 0) is 6.54 Å². The third kappa shape index (κ3) is 2.71. The van der Waals surface area contributed by atoms with E-state index in [-0.39, 0.29) is 5.41 Å². The smallest absolute Gasteiger partial charge is 0.0794 e. The molecule has 1 aliphatic heterocycles. The van der Waals surface area contributed by atoms with Crippen LogP contribution in [0.25, 0.3) is 0 Å². The Labute approximate surface area is 100 Å². The predicted molar refractivity (Wildman–Crippen MR) is 65.4 cm³/mol. The first kappa shape index (κ1) is 11.4. The summed E-state index contributed by atoms with van der Waals surface area (Å²) in [5.41, 5.74) is 2.12. The van der Waals surface area contributed by atoms with Gasteiger partial charge in [0.15, 0.2) is 0 Å². The number of hydrogen-bond donors (Lipinski definition) is 0. The lowest BCUT2D eigenvalue weighted by atomic mass is 9.83. The number of aromatic nitrogens is 1. The highest BCUT2D eigenvalue weighted by molar-refractivity contribution is 7.09. The molecule has 0 aliphatic carbocycles. The van der Waals surface area contributed by atoms with Gasteiger partial charge >= 0.3 is 0 Å². The summed E-state index contributed by atoms with van der Waals surface area (Å²) in [5, 5.41) is 0.315. The molecule has 84 valence electrons. The monoisotopic (exact) mass is 244 g/mol. The molecule has 0 radical (unpaired) electrons. The van der Waals surface area contributed by atoms with Gasteiger partial charge in [0.1, 0.15) is 0 Å². The molecule has 1 atom stereocenters. The average molecular weight is 245 g/mol. The summed E-state index contributed by atoms with van der Waals surface area (Å²) in [4.78, 5) is 7.93. The lowest BCUT2D eigenvalue weighted by molar-refractivity contribution is 0.117. The zero-order valence-electron chi connectivity index (χ0n) is 9.24. The van der Waals surface area contributed by atoms with Gasteiger partial charge in [0, 0.05) is 29.5 Å². The Kier molecular flexibility index (Phi) is 3.33. The molecule has 1 saturated heterocycles. The fourth-order valence-electron chi connectivity index (χ4n) is 2.12. The van der Waals surface area contributed by atoms with Crippen molar-refractivity contribution in [1.82, 2.24) is 9.88 Å². The standard InChI is InChI=1S/C11H17ClN2S/c1-11(2)7-14(4-3-10(11)12)6-9-5-13-8-15-9/h5,8,10H,3-4,6-7H2,1-2H3. The van der Waals surface area contributed by atoms with Crippen molar-refractivity contribution in [1.29, 1.82) is 0 Å². The Hall–Kier alpha value is -0.120. The first-order valence-electron chi connectivity index (χ1n) is 5.32. The van der Waals surface area contributed by atoms with Gasteiger partial charge in [0.25, 0.3) is 0 Å². The van der Waals surface area contributed by atoms with E-state index in [1.54, 1.807) is 11.3 Å². The number of nitrogens with zero attached hydrogens (tertiary/aromatic N) is 2. The fourth-order valence-corrected chi connectivity index (χ4v) is 2.92. The minimum Gasteiger partial charge on any atom is -0.298 e. The highest BCUT2D eigenvalue weighted by Crippen LogP contribution is 2.33. The summed E-state index contributed by atoms with van der Waals surface area (Å²) in [6, 6.07) is 0. The van der Waals surface area contributed by atoms with Gasteiger partial charge in [-0.1, -0.05) is 13.8 Å². The van der Waals surface area contributed by atoms with Gasteiger partial charge in [-0.3, -0.25) is 9.88 Å². The van der Waals surface area contributed by atoms with E-state index in [0.717, 1.165) is 26.1 Å². The summed E-state index contributed by atoms with van der Waals surface area (Å²) in [6.07, 6.45) is 3.05. The summed E-state index contributed by atoms with van der Waals surface area (Å²) < 4.78 is 0. The molecular formula is C11H17ClN2S. The quantitative estimate of drug-likeness (QED) is 0.744. The van der Waals surface area contributed by atoms with Crippen LogP contribution in [0.4, 0.5) is 0 Å². The summed E-state index contributed by atoms with van der Waals surface area (Å²) >= 11 is 8.05. The summed E-state index contributed by atoms with van der Waals surface area (Å²) in [6.45, 7) is 7.72. The Morgan fingerprint density at radius 2 is 2.47 bits per heavy atom. The predicted octanol–water partition coefficient (Wildman–Crippen LogP) is 2.98. The van der Waals surface area contributed by atoms with Gasteiger partial charge in [-0.15, -0.1) is 22.9 Å². The molecule has 1 aromatic heterocycles. The van der Waals surface area contributed by atoms with Crippen molar-refractivity contribution in [3.8, 4) is 0 Å². The Morgan fingerprint density at radius 3 is 3.07 bits per heavy atom. The van der Waals surface area contributed by atoms with E-state index in [0.29, 0.717) is 5.38 Å². The van der Waals surface area contributed by atoms with Crippen LogP contribution in [0.15, 0.2) is 11.7 Å². The minimum atomic E-state index is 0.227. The maximum Gasteiger partial charge on any atom is 0.0794 e. The SMILES string of the molecule is CC1(C)CN(Cc2cncs2)CCC1Cl. The number of likely N-dealkylation sites (tertiary alicyclic amines) is 1. The van der Waals surface area contributed by atoms with Gasteiger partial charge in [-0.05, 0) is 18.4 Å².